The van der Waals surface area contributed by atoms with E-state index in [2.05, 4.69) is 6.92 Å². The Morgan fingerprint density at radius 3 is 2.25 bits per heavy atom. The summed E-state index contributed by atoms with van der Waals surface area (Å²) in [5, 5.41) is 36.2. The van der Waals surface area contributed by atoms with Gasteiger partial charge in [-0.1, -0.05) is 26.2 Å². The molecule has 5 heteroatoms. The third kappa shape index (κ3) is 5.55. The molecule has 0 aromatic heterocycles. The maximum absolute atomic E-state index is 11.4. The number of unbranched alkanes of at least 4 members (excludes halogenated alkanes) is 3. The van der Waals surface area contributed by atoms with Crippen LogP contribution in [-0.2, 0) is 4.79 Å². The maximum Gasteiger partial charge on any atom is 0.164 e. The summed E-state index contributed by atoms with van der Waals surface area (Å²) in [6, 6.07) is 0. The maximum atomic E-state index is 11.4. The van der Waals surface area contributed by atoms with Crippen LogP contribution < -0.4 is 0 Å². The quantitative estimate of drug-likeness (QED) is 0.407. The first-order chi connectivity index (χ1) is 7.54. The highest BCUT2D eigenvalue weighted by molar-refractivity contribution is 5.83. The van der Waals surface area contributed by atoms with E-state index in [0.29, 0.717) is 6.42 Å². The lowest BCUT2D eigenvalue weighted by Crippen LogP contribution is -2.43. The van der Waals surface area contributed by atoms with Gasteiger partial charge in [0, 0.05) is 6.42 Å². The van der Waals surface area contributed by atoms with E-state index in [-0.39, 0.29) is 6.42 Å². The molecule has 0 spiro atoms. The molecule has 0 aromatic rings. The molecule has 0 bridgehead atoms. The van der Waals surface area contributed by atoms with E-state index in [9.17, 15) is 15.0 Å². The van der Waals surface area contributed by atoms with Crippen LogP contribution in [0.25, 0.3) is 0 Å². The summed E-state index contributed by atoms with van der Waals surface area (Å²) >= 11 is 0. The fourth-order valence-corrected chi connectivity index (χ4v) is 1.38. The first-order valence-electron chi connectivity index (χ1n) is 5.72. The van der Waals surface area contributed by atoms with Gasteiger partial charge in [-0.3, -0.25) is 4.79 Å². The first kappa shape index (κ1) is 15.5. The fraction of sp³-hybridized carbons (Fsp3) is 0.909. The van der Waals surface area contributed by atoms with E-state index < -0.39 is 30.7 Å². The average molecular weight is 234 g/mol. The van der Waals surface area contributed by atoms with Crippen molar-refractivity contribution in [3.05, 3.63) is 0 Å². The molecule has 0 fully saturated rings. The molecule has 5 nitrogen and oxygen atoms in total. The fourth-order valence-electron chi connectivity index (χ4n) is 1.38. The summed E-state index contributed by atoms with van der Waals surface area (Å²) in [5.41, 5.74) is 0. The minimum atomic E-state index is -1.61. The smallest absolute Gasteiger partial charge is 0.164 e. The van der Waals surface area contributed by atoms with E-state index in [1.54, 1.807) is 0 Å². The molecule has 0 aliphatic carbocycles. The zero-order valence-corrected chi connectivity index (χ0v) is 9.67. The van der Waals surface area contributed by atoms with E-state index in [4.69, 9.17) is 10.2 Å². The van der Waals surface area contributed by atoms with Gasteiger partial charge in [0.25, 0.3) is 0 Å². The highest BCUT2D eigenvalue weighted by atomic mass is 16.4. The van der Waals surface area contributed by atoms with Crippen molar-refractivity contribution in [2.24, 2.45) is 0 Å². The summed E-state index contributed by atoms with van der Waals surface area (Å²) in [6.07, 6.45) is -0.828. The number of carbonyl (C=O) groups is 1. The van der Waals surface area contributed by atoms with Gasteiger partial charge in [-0.2, -0.15) is 0 Å². The third-order valence-electron chi connectivity index (χ3n) is 2.51. The Balaban J connectivity index is 3.88. The van der Waals surface area contributed by atoms with Crippen LogP contribution in [0.4, 0.5) is 0 Å². The molecule has 3 unspecified atom stereocenters. The van der Waals surface area contributed by atoms with Crippen molar-refractivity contribution in [1.82, 2.24) is 0 Å². The van der Waals surface area contributed by atoms with E-state index in [1.165, 1.54) is 0 Å². The molecule has 0 radical (unpaired) electrons. The van der Waals surface area contributed by atoms with Gasteiger partial charge in [-0.25, -0.2) is 0 Å². The number of aliphatic hydroxyl groups is 4. The molecule has 0 aliphatic rings. The molecule has 96 valence electrons. The molecular formula is C11H22O5. The predicted molar refractivity (Wildman–Crippen MR) is 58.9 cm³/mol. The van der Waals surface area contributed by atoms with Gasteiger partial charge in [-0.05, 0) is 6.42 Å². The average Bonchev–Trinajstić information content (AvgIpc) is 2.31. The molecule has 16 heavy (non-hydrogen) atoms. The number of hydrogen-bond donors (Lipinski definition) is 4. The third-order valence-corrected chi connectivity index (χ3v) is 2.51. The van der Waals surface area contributed by atoms with Crippen LogP contribution in [0.3, 0.4) is 0 Å². The van der Waals surface area contributed by atoms with Crippen LogP contribution in [-0.4, -0.2) is 51.1 Å². The van der Waals surface area contributed by atoms with Gasteiger partial charge >= 0.3 is 0 Å². The van der Waals surface area contributed by atoms with E-state index in [1.807, 2.05) is 0 Å². The van der Waals surface area contributed by atoms with Gasteiger partial charge in [0.05, 0.1) is 6.61 Å². The lowest BCUT2D eigenvalue weighted by molar-refractivity contribution is -0.140. The molecule has 0 rings (SSSR count). The second-order valence-corrected chi connectivity index (χ2v) is 3.96. The lowest BCUT2D eigenvalue weighted by atomic mass is 10.0. The highest BCUT2D eigenvalue weighted by Crippen LogP contribution is 2.08. The molecule has 0 aliphatic heterocycles. The Morgan fingerprint density at radius 2 is 1.75 bits per heavy atom. The van der Waals surface area contributed by atoms with E-state index in [0.717, 1.165) is 19.3 Å². The number of aliphatic hydroxyl groups excluding tert-OH is 4. The van der Waals surface area contributed by atoms with Crippen molar-refractivity contribution in [1.29, 1.82) is 0 Å². The Hall–Kier alpha value is -0.490. The van der Waals surface area contributed by atoms with Gasteiger partial charge in [0.15, 0.2) is 5.78 Å². The zero-order valence-electron chi connectivity index (χ0n) is 9.67. The normalized spacial score (nSPS) is 16.8. The van der Waals surface area contributed by atoms with Crippen LogP contribution in [0.5, 0.6) is 0 Å². The summed E-state index contributed by atoms with van der Waals surface area (Å²) in [6.45, 7) is 1.37. The number of rotatable bonds is 9. The Bertz CT molecular complexity index is 195. The van der Waals surface area contributed by atoms with Crippen LogP contribution in [0, 0.1) is 0 Å². The minimum absolute atomic E-state index is 0.191. The summed E-state index contributed by atoms with van der Waals surface area (Å²) in [5.74, 6) is -0.490. The topological polar surface area (TPSA) is 98.0 Å². The molecule has 0 amide bonds. The van der Waals surface area contributed by atoms with Crippen molar-refractivity contribution >= 4 is 5.78 Å². The molecule has 0 saturated carbocycles. The molecule has 0 saturated heterocycles. The second kappa shape index (κ2) is 8.64. The number of Topliss-reactive ketones (excluding diaryl/α,β-unsaturated/α-hetero) is 1. The summed E-state index contributed by atoms with van der Waals surface area (Å²) in [4.78, 5) is 11.4. The van der Waals surface area contributed by atoms with Crippen LogP contribution >= 0.6 is 0 Å². The standard InChI is InChI=1S/C11H22O5/c1-2-3-4-5-6-8(13)10(15)11(16)9(14)7-12/h9-12,14-16H,2-7H2,1H3. The van der Waals surface area contributed by atoms with Gasteiger partial charge in [0.2, 0.25) is 0 Å². The SMILES string of the molecule is CCCCCCC(=O)C(O)C(O)C(O)CO. The van der Waals surface area contributed by atoms with Crippen molar-refractivity contribution in [2.75, 3.05) is 6.61 Å². The van der Waals surface area contributed by atoms with Crippen LogP contribution in [0.1, 0.15) is 39.0 Å². The summed E-state index contributed by atoms with van der Waals surface area (Å²) < 4.78 is 0. The van der Waals surface area contributed by atoms with Crippen LogP contribution in [0.15, 0.2) is 0 Å². The minimum Gasteiger partial charge on any atom is -0.394 e. The van der Waals surface area contributed by atoms with Crippen molar-refractivity contribution < 1.29 is 25.2 Å². The Morgan fingerprint density at radius 1 is 1.12 bits per heavy atom. The molecule has 0 aromatic carbocycles. The molecule has 4 N–H and O–H groups in total. The largest absolute Gasteiger partial charge is 0.394 e. The van der Waals surface area contributed by atoms with Gasteiger partial charge < -0.3 is 20.4 Å². The highest BCUT2D eigenvalue weighted by Gasteiger charge is 2.28. The number of ketones is 1. The van der Waals surface area contributed by atoms with Gasteiger partial charge in [0.1, 0.15) is 18.3 Å². The number of carbonyl (C=O) groups excluding carboxylic acids is 1. The zero-order chi connectivity index (χ0) is 12.6. The summed E-state index contributed by atoms with van der Waals surface area (Å²) in [7, 11) is 0. The van der Waals surface area contributed by atoms with Crippen molar-refractivity contribution in [3.63, 3.8) is 0 Å². The molecule has 0 heterocycles. The van der Waals surface area contributed by atoms with Crippen molar-refractivity contribution in [2.45, 2.75) is 57.3 Å². The molecule has 3 atom stereocenters. The van der Waals surface area contributed by atoms with Crippen LogP contribution in [0.2, 0.25) is 0 Å². The Labute approximate surface area is 95.7 Å². The second-order valence-electron chi connectivity index (χ2n) is 3.96. The Kier molecular flexibility index (Phi) is 8.37. The monoisotopic (exact) mass is 234 g/mol. The lowest BCUT2D eigenvalue weighted by Gasteiger charge is -2.20. The van der Waals surface area contributed by atoms with E-state index >= 15 is 0 Å². The first-order valence-corrected chi connectivity index (χ1v) is 5.72. The predicted octanol–water partition coefficient (Wildman–Crippen LogP) is -0.399. The van der Waals surface area contributed by atoms with Gasteiger partial charge in [-0.15, -0.1) is 0 Å². The molecular weight excluding hydrogens is 212 g/mol. The number of hydrogen-bond acceptors (Lipinski definition) is 5. The van der Waals surface area contributed by atoms with Crippen molar-refractivity contribution in [3.8, 4) is 0 Å².